The van der Waals surface area contributed by atoms with Gasteiger partial charge in [0.2, 0.25) is 0 Å². The molecule has 19 heteroatoms. The van der Waals surface area contributed by atoms with Crippen molar-refractivity contribution in [1.29, 1.82) is 0 Å². The first-order valence-corrected chi connectivity index (χ1v) is 40.7. The summed E-state index contributed by atoms with van der Waals surface area (Å²) in [6, 6.07) is 0. The standard InChI is InChI=1S/C73H142O17P2/c1-63(2)49-41-33-25-20-16-12-9-10-14-18-22-28-37-45-53-70(75)83-59-68(90-73(78)56-48-40-30-24-27-35-43-51-65(5)6)61-87-91(79,80)85-57-67(74)58-86-92(81,82)88-62-69(60-84-71(76)54-46-38-32-31-36-44-52-66(7)8)89-72(77)55-47-39-29-23-19-15-11-13-17-21-26-34-42-50-64(3)4/h63-69,74H,9-62H2,1-8H3,(H,79,80)(H,81,82)/t67-,68-,69-/m1/s1. The number of esters is 4. The molecule has 0 fully saturated rings. The maximum absolute atomic E-state index is 13.0. The summed E-state index contributed by atoms with van der Waals surface area (Å²) in [6.45, 7) is 14.1. The molecular formula is C73H142O17P2. The average Bonchev–Trinajstić information content (AvgIpc) is 1.86. The molecule has 0 bridgehead atoms. The van der Waals surface area contributed by atoms with Crippen LogP contribution in [-0.2, 0) is 65.4 Å². The molecule has 0 saturated heterocycles. The van der Waals surface area contributed by atoms with Gasteiger partial charge < -0.3 is 33.8 Å². The van der Waals surface area contributed by atoms with Gasteiger partial charge in [0.05, 0.1) is 26.4 Å². The predicted molar refractivity (Wildman–Crippen MR) is 372 cm³/mol. The van der Waals surface area contributed by atoms with E-state index in [2.05, 4.69) is 55.4 Å². The van der Waals surface area contributed by atoms with Crippen LogP contribution >= 0.6 is 15.6 Å². The third-order valence-corrected chi connectivity index (χ3v) is 18.7. The number of ether oxygens (including phenoxy) is 4. The summed E-state index contributed by atoms with van der Waals surface area (Å²) < 4.78 is 68.3. The highest BCUT2D eigenvalue weighted by molar-refractivity contribution is 7.47. The number of rotatable bonds is 70. The molecule has 0 aromatic heterocycles. The Morgan fingerprint density at radius 3 is 0.674 bits per heavy atom. The molecule has 0 rings (SSSR count). The molecule has 0 aromatic carbocycles. The molecule has 0 aliphatic heterocycles. The zero-order valence-corrected chi connectivity index (χ0v) is 62.0. The largest absolute Gasteiger partial charge is 0.472 e. The Morgan fingerprint density at radius 2 is 0.457 bits per heavy atom. The van der Waals surface area contributed by atoms with E-state index in [1.807, 2.05) is 0 Å². The van der Waals surface area contributed by atoms with Crippen LogP contribution in [0.5, 0.6) is 0 Å². The third kappa shape index (κ3) is 66.7. The summed E-state index contributed by atoms with van der Waals surface area (Å²) in [4.78, 5) is 72.6. The normalized spacial score (nSPS) is 14.2. The Labute approximate surface area is 562 Å². The van der Waals surface area contributed by atoms with Crippen molar-refractivity contribution in [2.75, 3.05) is 39.6 Å². The maximum Gasteiger partial charge on any atom is 0.472 e. The molecule has 0 aliphatic rings. The van der Waals surface area contributed by atoms with Crippen molar-refractivity contribution in [3.8, 4) is 0 Å². The van der Waals surface area contributed by atoms with Crippen LogP contribution in [0, 0.1) is 23.7 Å². The number of carbonyl (C=O) groups excluding carboxylic acids is 4. The number of hydrogen-bond acceptors (Lipinski definition) is 15. The van der Waals surface area contributed by atoms with Crippen molar-refractivity contribution >= 4 is 39.5 Å². The quantitative estimate of drug-likeness (QED) is 0.0222. The van der Waals surface area contributed by atoms with Gasteiger partial charge in [0.1, 0.15) is 19.3 Å². The van der Waals surface area contributed by atoms with E-state index in [-0.39, 0.29) is 25.7 Å². The molecule has 546 valence electrons. The van der Waals surface area contributed by atoms with Crippen LogP contribution in [0.4, 0.5) is 0 Å². The van der Waals surface area contributed by atoms with Crippen LogP contribution < -0.4 is 0 Å². The van der Waals surface area contributed by atoms with Gasteiger partial charge in [-0.1, -0.05) is 312 Å². The van der Waals surface area contributed by atoms with Crippen LogP contribution in [0.1, 0.15) is 364 Å². The first-order valence-electron chi connectivity index (χ1n) is 37.7. The summed E-state index contributed by atoms with van der Waals surface area (Å²) in [6.07, 6.45) is 46.1. The van der Waals surface area contributed by atoms with E-state index in [0.717, 1.165) is 108 Å². The van der Waals surface area contributed by atoms with E-state index in [9.17, 15) is 43.2 Å². The number of aliphatic hydroxyl groups is 1. The Bertz CT molecular complexity index is 1820. The number of unbranched alkanes of at least 4 members (excludes halogenated alkanes) is 36. The van der Waals surface area contributed by atoms with Gasteiger partial charge in [-0.2, -0.15) is 0 Å². The highest BCUT2D eigenvalue weighted by Crippen LogP contribution is 2.45. The molecule has 0 saturated carbocycles. The highest BCUT2D eigenvalue weighted by Gasteiger charge is 2.30. The van der Waals surface area contributed by atoms with Gasteiger partial charge >= 0.3 is 39.5 Å². The fraction of sp³-hybridized carbons (Fsp3) is 0.945. The minimum atomic E-state index is -4.95. The zero-order chi connectivity index (χ0) is 68.2. The number of carbonyl (C=O) groups is 4. The van der Waals surface area contributed by atoms with Crippen LogP contribution in [0.2, 0.25) is 0 Å². The summed E-state index contributed by atoms with van der Waals surface area (Å²) in [5.74, 6) is 0.832. The van der Waals surface area contributed by atoms with Gasteiger partial charge in [0.25, 0.3) is 0 Å². The molecule has 3 N–H and O–H groups in total. The zero-order valence-electron chi connectivity index (χ0n) is 60.2. The molecule has 0 heterocycles. The first kappa shape index (κ1) is 90.1. The number of hydrogen-bond donors (Lipinski definition) is 3. The van der Waals surface area contributed by atoms with Gasteiger partial charge in [-0.15, -0.1) is 0 Å². The molecule has 5 atom stereocenters. The van der Waals surface area contributed by atoms with Gasteiger partial charge in [0, 0.05) is 25.7 Å². The van der Waals surface area contributed by atoms with Crippen molar-refractivity contribution < 1.29 is 80.2 Å². The molecule has 17 nitrogen and oxygen atoms in total. The van der Waals surface area contributed by atoms with Crippen molar-refractivity contribution in [3.05, 3.63) is 0 Å². The molecule has 0 radical (unpaired) electrons. The molecule has 2 unspecified atom stereocenters. The van der Waals surface area contributed by atoms with Gasteiger partial charge in [0.15, 0.2) is 12.2 Å². The summed E-state index contributed by atoms with van der Waals surface area (Å²) in [5, 5.41) is 10.6. The van der Waals surface area contributed by atoms with Crippen LogP contribution in [0.15, 0.2) is 0 Å². The third-order valence-electron chi connectivity index (χ3n) is 16.8. The monoisotopic (exact) mass is 1350 g/mol. The number of aliphatic hydroxyl groups excluding tert-OH is 1. The molecule has 0 amide bonds. The topological polar surface area (TPSA) is 237 Å². The first-order chi connectivity index (χ1) is 44.1. The van der Waals surface area contributed by atoms with E-state index >= 15 is 0 Å². The Kier molecular flexibility index (Phi) is 61.3. The summed E-state index contributed by atoms with van der Waals surface area (Å²) in [5.41, 5.74) is 0. The van der Waals surface area contributed by atoms with Gasteiger partial charge in [-0.25, -0.2) is 9.13 Å². The van der Waals surface area contributed by atoms with Crippen LogP contribution in [0.25, 0.3) is 0 Å². The SMILES string of the molecule is CC(C)CCCCCCCCCCCCCCCCC(=O)OC[C@H](COP(=O)(O)OC[C@@H](O)COP(=O)(O)OC[C@@H](COC(=O)CCCCCCCCC(C)C)OC(=O)CCCCCCCCCCCCCCCC(C)C)OC(=O)CCCCCCCCCC(C)C. The van der Waals surface area contributed by atoms with Crippen LogP contribution in [-0.4, -0.2) is 96.7 Å². The molecular weight excluding hydrogens is 1210 g/mol. The van der Waals surface area contributed by atoms with E-state index in [1.54, 1.807) is 0 Å². The summed E-state index contributed by atoms with van der Waals surface area (Å²) in [7, 11) is -9.91. The lowest BCUT2D eigenvalue weighted by Crippen LogP contribution is -2.30. The van der Waals surface area contributed by atoms with Crippen molar-refractivity contribution in [2.24, 2.45) is 23.7 Å². The summed E-state index contributed by atoms with van der Waals surface area (Å²) >= 11 is 0. The van der Waals surface area contributed by atoms with Gasteiger partial charge in [-0.05, 0) is 49.4 Å². The maximum atomic E-state index is 13.0. The smallest absolute Gasteiger partial charge is 0.462 e. The molecule has 0 aliphatic carbocycles. The van der Waals surface area contributed by atoms with E-state index in [0.29, 0.717) is 37.5 Å². The molecule has 0 aromatic rings. The lowest BCUT2D eigenvalue weighted by Gasteiger charge is -2.21. The molecule has 0 spiro atoms. The van der Waals surface area contributed by atoms with Crippen molar-refractivity contribution in [3.63, 3.8) is 0 Å². The lowest BCUT2D eigenvalue weighted by molar-refractivity contribution is -0.161. The van der Waals surface area contributed by atoms with Gasteiger partial charge in [-0.3, -0.25) is 37.3 Å². The fourth-order valence-corrected chi connectivity index (χ4v) is 12.6. The second kappa shape index (κ2) is 62.6. The minimum Gasteiger partial charge on any atom is -0.462 e. The Balaban J connectivity index is 5.18. The fourth-order valence-electron chi connectivity index (χ4n) is 11.0. The van der Waals surface area contributed by atoms with Crippen LogP contribution in [0.3, 0.4) is 0 Å². The van der Waals surface area contributed by atoms with Crippen molar-refractivity contribution in [1.82, 2.24) is 0 Å². The number of phosphoric ester groups is 2. The average molecular weight is 1350 g/mol. The lowest BCUT2D eigenvalue weighted by atomic mass is 10.0. The van der Waals surface area contributed by atoms with E-state index < -0.39 is 97.5 Å². The van der Waals surface area contributed by atoms with E-state index in [4.69, 9.17) is 37.0 Å². The second-order valence-electron chi connectivity index (χ2n) is 28.2. The minimum absolute atomic E-state index is 0.103. The van der Waals surface area contributed by atoms with Crippen molar-refractivity contribution in [2.45, 2.75) is 382 Å². The molecule has 92 heavy (non-hydrogen) atoms. The number of phosphoric acid groups is 2. The highest BCUT2D eigenvalue weighted by atomic mass is 31.2. The van der Waals surface area contributed by atoms with E-state index in [1.165, 1.54) is 161 Å². The Hall–Kier alpha value is -1.94. The second-order valence-corrected chi connectivity index (χ2v) is 31.1. The predicted octanol–water partition coefficient (Wildman–Crippen LogP) is 20.9. The Morgan fingerprint density at radius 1 is 0.272 bits per heavy atom.